The number of para-hydroxylation sites is 1. The number of halogens is 1. The van der Waals surface area contributed by atoms with Gasteiger partial charge in [0.05, 0.1) is 6.61 Å². The fraction of sp³-hybridized carbons (Fsp3) is 0.333. The summed E-state index contributed by atoms with van der Waals surface area (Å²) in [6.45, 7) is 2.50. The minimum absolute atomic E-state index is 0.146. The molecule has 0 saturated carbocycles. The number of nitrogens with one attached hydrogen (secondary N) is 1. The Bertz CT molecular complexity index is 575. The monoisotopic (exact) mass is 303 g/mol. The zero-order chi connectivity index (χ0) is 15.6. The SMILES string of the molecule is COCCOc1ccccc1CNCCc1ccccc1F. The van der Waals surface area contributed by atoms with Gasteiger partial charge in [-0.3, -0.25) is 0 Å². The lowest BCUT2D eigenvalue weighted by molar-refractivity contribution is 0.145. The third kappa shape index (κ3) is 5.13. The normalized spacial score (nSPS) is 10.6. The molecule has 118 valence electrons. The molecule has 0 saturated heterocycles. The van der Waals surface area contributed by atoms with Gasteiger partial charge in [-0.25, -0.2) is 4.39 Å². The Labute approximate surface area is 131 Å². The summed E-state index contributed by atoms with van der Waals surface area (Å²) in [5.74, 6) is 0.713. The molecule has 0 atom stereocenters. The molecule has 0 fully saturated rings. The number of hydrogen-bond donors (Lipinski definition) is 1. The first-order valence-corrected chi connectivity index (χ1v) is 7.45. The lowest BCUT2D eigenvalue weighted by Gasteiger charge is -2.12. The van der Waals surface area contributed by atoms with Crippen LogP contribution in [0.2, 0.25) is 0 Å². The van der Waals surface area contributed by atoms with Crippen molar-refractivity contribution in [3.63, 3.8) is 0 Å². The molecule has 0 amide bonds. The molecular formula is C18H22FNO2. The van der Waals surface area contributed by atoms with Crippen molar-refractivity contribution in [2.75, 3.05) is 26.9 Å². The lowest BCUT2D eigenvalue weighted by atomic mass is 10.1. The maximum Gasteiger partial charge on any atom is 0.126 e. The third-order valence-electron chi connectivity index (χ3n) is 3.36. The van der Waals surface area contributed by atoms with E-state index in [-0.39, 0.29) is 5.82 Å². The molecule has 0 aliphatic rings. The van der Waals surface area contributed by atoms with Crippen molar-refractivity contribution in [1.82, 2.24) is 5.32 Å². The van der Waals surface area contributed by atoms with E-state index in [1.165, 1.54) is 6.07 Å². The van der Waals surface area contributed by atoms with E-state index in [4.69, 9.17) is 9.47 Å². The Morgan fingerprint density at radius 2 is 1.68 bits per heavy atom. The van der Waals surface area contributed by atoms with Crippen LogP contribution in [0.25, 0.3) is 0 Å². The summed E-state index contributed by atoms with van der Waals surface area (Å²) in [5, 5.41) is 3.33. The van der Waals surface area contributed by atoms with Crippen LogP contribution in [0.4, 0.5) is 4.39 Å². The molecule has 22 heavy (non-hydrogen) atoms. The highest BCUT2D eigenvalue weighted by molar-refractivity contribution is 5.33. The van der Waals surface area contributed by atoms with Gasteiger partial charge in [-0.15, -0.1) is 0 Å². The van der Waals surface area contributed by atoms with E-state index in [9.17, 15) is 4.39 Å². The van der Waals surface area contributed by atoms with Crippen molar-refractivity contribution in [2.45, 2.75) is 13.0 Å². The quantitative estimate of drug-likeness (QED) is 0.722. The van der Waals surface area contributed by atoms with Crippen LogP contribution in [0.3, 0.4) is 0 Å². The minimum Gasteiger partial charge on any atom is -0.491 e. The Hall–Kier alpha value is -1.91. The Morgan fingerprint density at radius 3 is 2.45 bits per heavy atom. The van der Waals surface area contributed by atoms with Gasteiger partial charge in [-0.1, -0.05) is 36.4 Å². The van der Waals surface area contributed by atoms with Gasteiger partial charge in [0, 0.05) is 19.2 Å². The first-order valence-electron chi connectivity index (χ1n) is 7.45. The smallest absolute Gasteiger partial charge is 0.126 e. The fourth-order valence-electron chi connectivity index (χ4n) is 2.17. The van der Waals surface area contributed by atoms with Crippen LogP contribution in [-0.2, 0) is 17.7 Å². The van der Waals surface area contributed by atoms with Crippen LogP contribution < -0.4 is 10.1 Å². The van der Waals surface area contributed by atoms with E-state index in [1.54, 1.807) is 13.2 Å². The van der Waals surface area contributed by atoms with Crippen molar-refractivity contribution in [2.24, 2.45) is 0 Å². The van der Waals surface area contributed by atoms with Gasteiger partial charge in [0.2, 0.25) is 0 Å². The van der Waals surface area contributed by atoms with Crippen LogP contribution in [-0.4, -0.2) is 26.9 Å². The summed E-state index contributed by atoms with van der Waals surface area (Å²) >= 11 is 0. The molecule has 0 aliphatic carbocycles. The first kappa shape index (κ1) is 16.5. The highest BCUT2D eigenvalue weighted by atomic mass is 19.1. The van der Waals surface area contributed by atoms with E-state index >= 15 is 0 Å². The van der Waals surface area contributed by atoms with Crippen LogP contribution in [0.1, 0.15) is 11.1 Å². The summed E-state index contributed by atoms with van der Waals surface area (Å²) in [6.07, 6.45) is 0.666. The first-order chi connectivity index (χ1) is 10.8. The molecule has 0 heterocycles. The van der Waals surface area contributed by atoms with Gasteiger partial charge >= 0.3 is 0 Å². The van der Waals surface area contributed by atoms with Crippen LogP contribution in [0.5, 0.6) is 5.75 Å². The van der Waals surface area contributed by atoms with Crippen molar-refractivity contribution in [1.29, 1.82) is 0 Å². The summed E-state index contributed by atoms with van der Waals surface area (Å²) in [5.41, 5.74) is 1.83. The average Bonchev–Trinajstić information content (AvgIpc) is 2.54. The molecule has 0 radical (unpaired) electrons. The van der Waals surface area contributed by atoms with Crippen molar-refractivity contribution < 1.29 is 13.9 Å². The second-order valence-corrected chi connectivity index (χ2v) is 4.97. The second kappa shape index (κ2) is 9.18. The van der Waals surface area contributed by atoms with Crippen LogP contribution >= 0.6 is 0 Å². The Morgan fingerprint density at radius 1 is 0.955 bits per heavy atom. The summed E-state index contributed by atoms with van der Waals surface area (Å²) < 4.78 is 24.2. The fourth-order valence-corrected chi connectivity index (χ4v) is 2.17. The second-order valence-electron chi connectivity index (χ2n) is 4.97. The van der Waals surface area contributed by atoms with E-state index in [0.717, 1.165) is 16.9 Å². The molecule has 0 bridgehead atoms. The summed E-state index contributed by atoms with van der Waals surface area (Å²) in [4.78, 5) is 0. The minimum atomic E-state index is -0.146. The topological polar surface area (TPSA) is 30.5 Å². The maximum absolute atomic E-state index is 13.5. The lowest BCUT2D eigenvalue weighted by Crippen LogP contribution is -2.18. The van der Waals surface area contributed by atoms with Gasteiger partial charge in [0.25, 0.3) is 0 Å². The molecule has 0 aliphatic heterocycles. The van der Waals surface area contributed by atoms with E-state index < -0.39 is 0 Å². The molecular weight excluding hydrogens is 281 g/mol. The standard InChI is InChI=1S/C18H22FNO2/c1-21-12-13-22-18-9-5-3-7-16(18)14-20-11-10-15-6-2-4-8-17(15)19/h2-9,20H,10-14H2,1H3. The van der Waals surface area contributed by atoms with Crippen LogP contribution in [0, 0.1) is 5.82 Å². The molecule has 0 aromatic heterocycles. The molecule has 1 N–H and O–H groups in total. The van der Waals surface area contributed by atoms with Crippen molar-refractivity contribution >= 4 is 0 Å². The van der Waals surface area contributed by atoms with Gasteiger partial charge in [0.1, 0.15) is 18.2 Å². The van der Waals surface area contributed by atoms with Crippen molar-refractivity contribution in [3.05, 3.63) is 65.5 Å². The van der Waals surface area contributed by atoms with Gasteiger partial charge in [0.15, 0.2) is 0 Å². The average molecular weight is 303 g/mol. The number of methoxy groups -OCH3 is 1. The molecule has 3 nitrogen and oxygen atoms in total. The number of hydrogen-bond acceptors (Lipinski definition) is 3. The van der Waals surface area contributed by atoms with E-state index in [1.807, 2.05) is 36.4 Å². The molecule has 4 heteroatoms. The highest BCUT2D eigenvalue weighted by Crippen LogP contribution is 2.17. The summed E-state index contributed by atoms with van der Waals surface area (Å²) in [7, 11) is 1.65. The maximum atomic E-state index is 13.5. The van der Waals surface area contributed by atoms with Gasteiger partial charge in [-0.05, 0) is 30.7 Å². The molecule has 2 aromatic rings. The largest absolute Gasteiger partial charge is 0.491 e. The molecule has 2 rings (SSSR count). The van der Waals surface area contributed by atoms with Gasteiger partial charge < -0.3 is 14.8 Å². The molecule has 0 spiro atoms. The van der Waals surface area contributed by atoms with Gasteiger partial charge in [-0.2, -0.15) is 0 Å². The molecule has 2 aromatic carbocycles. The highest BCUT2D eigenvalue weighted by Gasteiger charge is 2.03. The van der Waals surface area contributed by atoms with Crippen molar-refractivity contribution in [3.8, 4) is 5.75 Å². The number of ether oxygens (including phenoxy) is 2. The number of rotatable bonds is 9. The van der Waals surface area contributed by atoms with Crippen LogP contribution in [0.15, 0.2) is 48.5 Å². The third-order valence-corrected chi connectivity index (χ3v) is 3.36. The predicted molar refractivity (Wildman–Crippen MR) is 85.6 cm³/mol. The Kier molecular flexibility index (Phi) is 6.87. The van der Waals surface area contributed by atoms with E-state index in [2.05, 4.69) is 5.32 Å². The van der Waals surface area contributed by atoms with E-state index in [0.29, 0.717) is 32.7 Å². The number of benzene rings is 2. The Balaban J connectivity index is 1.80. The molecule has 0 unspecified atom stereocenters. The zero-order valence-corrected chi connectivity index (χ0v) is 12.8. The zero-order valence-electron chi connectivity index (χ0n) is 12.8. The summed E-state index contributed by atoms with van der Waals surface area (Å²) in [6, 6.07) is 14.8. The predicted octanol–water partition coefficient (Wildman–Crippen LogP) is 3.18.